The van der Waals surface area contributed by atoms with Crippen LogP contribution in [0.1, 0.15) is 66.9 Å². The van der Waals surface area contributed by atoms with Crippen LogP contribution < -0.4 is 9.47 Å². The largest absolute Gasteiger partial charge is 0.497 e. The quantitative estimate of drug-likeness (QED) is 0.662. The van der Waals surface area contributed by atoms with Gasteiger partial charge in [-0.15, -0.1) is 0 Å². The first kappa shape index (κ1) is 22.2. The molecule has 1 atom stereocenters. The van der Waals surface area contributed by atoms with Gasteiger partial charge in [-0.05, 0) is 55.5 Å². The standard InChI is InChI=1S/C27H35N3O3/c1-32-22-6-7-23(24(18-22)33-2)26(31)29-16-10-21(11-17-29)30-19-27(12-4-3-5-13-27)25(30)20-8-14-28-15-9-20/h6-9,14-15,18,21,25H,3-5,10-13,16-17,19H2,1-2H3. The first-order chi connectivity index (χ1) is 16.1. The maximum Gasteiger partial charge on any atom is 0.257 e. The number of likely N-dealkylation sites (tertiary alicyclic amines) is 2. The molecule has 6 heteroatoms. The lowest BCUT2D eigenvalue weighted by Crippen LogP contribution is -2.63. The van der Waals surface area contributed by atoms with E-state index in [4.69, 9.17) is 9.47 Å². The number of nitrogens with zero attached hydrogens (tertiary/aromatic N) is 3. The van der Waals surface area contributed by atoms with Gasteiger partial charge >= 0.3 is 0 Å². The van der Waals surface area contributed by atoms with Crippen LogP contribution in [0.4, 0.5) is 0 Å². The van der Waals surface area contributed by atoms with E-state index in [0.717, 1.165) is 25.9 Å². The second-order valence-electron chi connectivity index (χ2n) is 9.87. The van der Waals surface area contributed by atoms with Gasteiger partial charge < -0.3 is 14.4 Å². The predicted molar refractivity (Wildman–Crippen MR) is 128 cm³/mol. The number of pyridine rings is 1. The summed E-state index contributed by atoms with van der Waals surface area (Å²) in [4.78, 5) is 22.2. The number of methoxy groups -OCH3 is 2. The van der Waals surface area contributed by atoms with E-state index < -0.39 is 0 Å². The SMILES string of the molecule is COc1ccc(C(=O)N2CCC(N3CC4(CCCCC4)C3c3ccncc3)CC2)c(OC)c1. The molecule has 3 fully saturated rings. The third-order valence-corrected chi connectivity index (χ3v) is 8.14. The molecule has 1 aliphatic carbocycles. The minimum Gasteiger partial charge on any atom is -0.497 e. The van der Waals surface area contributed by atoms with Crippen molar-refractivity contribution >= 4 is 5.91 Å². The molecule has 2 saturated heterocycles. The minimum absolute atomic E-state index is 0.0472. The van der Waals surface area contributed by atoms with Crippen molar-refractivity contribution in [2.24, 2.45) is 5.41 Å². The zero-order valence-electron chi connectivity index (χ0n) is 19.8. The van der Waals surface area contributed by atoms with Crippen molar-refractivity contribution in [1.29, 1.82) is 0 Å². The third kappa shape index (κ3) is 4.10. The van der Waals surface area contributed by atoms with Crippen molar-refractivity contribution in [3.8, 4) is 11.5 Å². The van der Waals surface area contributed by atoms with Crippen molar-refractivity contribution in [3.63, 3.8) is 0 Å². The molecule has 1 unspecified atom stereocenters. The molecule has 1 saturated carbocycles. The van der Waals surface area contributed by atoms with Crippen LogP contribution in [0.15, 0.2) is 42.7 Å². The summed E-state index contributed by atoms with van der Waals surface area (Å²) in [5.74, 6) is 1.31. The summed E-state index contributed by atoms with van der Waals surface area (Å²) in [6, 6.07) is 10.9. The van der Waals surface area contributed by atoms with Gasteiger partial charge in [-0.25, -0.2) is 0 Å². The topological polar surface area (TPSA) is 54.9 Å². The van der Waals surface area contributed by atoms with Gasteiger partial charge in [-0.1, -0.05) is 19.3 Å². The average molecular weight is 450 g/mol. The van der Waals surface area contributed by atoms with Crippen LogP contribution in [0, 0.1) is 5.41 Å². The molecule has 0 radical (unpaired) electrons. The van der Waals surface area contributed by atoms with Gasteiger partial charge in [0.2, 0.25) is 0 Å². The maximum absolute atomic E-state index is 13.3. The number of hydrogen-bond donors (Lipinski definition) is 0. The molecule has 6 nitrogen and oxygen atoms in total. The predicted octanol–water partition coefficient (Wildman–Crippen LogP) is 4.71. The van der Waals surface area contributed by atoms with Crippen molar-refractivity contribution in [1.82, 2.24) is 14.8 Å². The molecule has 2 aliphatic heterocycles. The highest BCUT2D eigenvalue weighted by Gasteiger charge is 2.55. The summed E-state index contributed by atoms with van der Waals surface area (Å²) in [7, 11) is 3.22. The Hall–Kier alpha value is -2.60. The summed E-state index contributed by atoms with van der Waals surface area (Å²) in [6.07, 6.45) is 12.7. The van der Waals surface area contributed by atoms with Crippen LogP contribution in [0.25, 0.3) is 0 Å². The highest BCUT2D eigenvalue weighted by molar-refractivity contribution is 5.97. The average Bonchev–Trinajstić information content (AvgIpc) is 2.88. The lowest BCUT2D eigenvalue weighted by Gasteiger charge is -2.63. The lowest BCUT2D eigenvalue weighted by atomic mass is 9.60. The summed E-state index contributed by atoms with van der Waals surface area (Å²) >= 11 is 0. The smallest absolute Gasteiger partial charge is 0.257 e. The fourth-order valence-corrected chi connectivity index (χ4v) is 6.44. The van der Waals surface area contributed by atoms with Gasteiger partial charge in [-0.2, -0.15) is 0 Å². The summed E-state index contributed by atoms with van der Waals surface area (Å²) in [6.45, 7) is 2.77. The van der Waals surface area contributed by atoms with E-state index in [9.17, 15) is 4.79 Å². The van der Waals surface area contributed by atoms with Crippen LogP contribution in [-0.4, -0.2) is 60.6 Å². The van der Waals surface area contributed by atoms with E-state index in [1.165, 1.54) is 44.2 Å². The van der Waals surface area contributed by atoms with Gasteiger partial charge in [0, 0.05) is 55.6 Å². The Labute approximate surface area is 196 Å². The van der Waals surface area contributed by atoms with Crippen LogP contribution in [0.5, 0.6) is 11.5 Å². The van der Waals surface area contributed by atoms with Gasteiger partial charge in [0.15, 0.2) is 0 Å². The van der Waals surface area contributed by atoms with Crippen LogP contribution in [-0.2, 0) is 0 Å². The molecule has 5 rings (SSSR count). The zero-order valence-corrected chi connectivity index (χ0v) is 19.8. The van der Waals surface area contributed by atoms with E-state index in [2.05, 4.69) is 22.0 Å². The highest BCUT2D eigenvalue weighted by atomic mass is 16.5. The number of benzene rings is 1. The van der Waals surface area contributed by atoms with Crippen LogP contribution in [0.2, 0.25) is 0 Å². The second-order valence-corrected chi connectivity index (χ2v) is 9.87. The highest BCUT2D eigenvalue weighted by Crippen LogP contribution is 2.58. The summed E-state index contributed by atoms with van der Waals surface area (Å²) in [5, 5.41) is 0. The van der Waals surface area contributed by atoms with Gasteiger partial charge in [0.05, 0.1) is 19.8 Å². The van der Waals surface area contributed by atoms with E-state index >= 15 is 0 Å². The maximum atomic E-state index is 13.3. The second kappa shape index (κ2) is 9.34. The molecule has 3 heterocycles. The number of carbonyl (C=O) groups excluding carboxylic acids is 1. The van der Waals surface area contributed by atoms with E-state index in [1.807, 2.05) is 29.4 Å². The Bertz CT molecular complexity index is 966. The van der Waals surface area contributed by atoms with Crippen molar-refractivity contribution in [2.75, 3.05) is 33.9 Å². The molecule has 1 amide bonds. The fourth-order valence-electron chi connectivity index (χ4n) is 6.44. The molecular formula is C27H35N3O3. The number of aromatic nitrogens is 1. The normalized spacial score (nSPS) is 23.2. The molecule has 1 aromatic heterocycles. The van der Waals surface area contributed by atoms with Crippen molar-refractivity contribution < 1.29 is 14.3 Å². The van der Waals surface area contributed by atoms with Gasteiger partial charge in [-0.3, -0.25) is 14.7 Å². The van der Waals surface area contributed by atoms with Gasteiger partial charge in [0.1, 0.15) is 11.5 Å². The zero-order chi connectivity index (χ0) is 22.8. The molecule has 0 N–H and O–H groups in total. The van der Waals surface area contributed by atoms with E-state index in [0.29, 0.717) is 34.6 Å². The molecule has 1 spiro atoms. The third-order valence-electron chi connectivity index (χ3n) is 8.14. The minimum atomic E-state index is 0.0472. The van der Waals surface area contributed by atoms with Crippen molar-refractivity contribution in [3.05, 3.63) is 53.9 Å². The Morgan fingerprint density at radius 2 is 1.73 bits per heavy atom. The molecular weight excluding hydrogens is 414 g/mol. The summed E-state index contributed by atoms with van der Waals surface area (Å²) < 4.78 is 10.7. The van der Waals surface area contributed by atoms with Gasteiger partial charge in [0.25, 0.3) is 5.91 Å². The Morgan fingerprint density at radius 3 is 2.39 bits per heavy atom. The fraction of sp³-hybridized carbons (Fsp3) is 0.556. The molecule has 2 aromatic rings. The number of hydrogen-bond acceptors (Lipinski definition) is 5. The number of rotatable bonds is 5. The van der Waals surface area contributed by atoms with Crippen LogP contribution in [0.3, 0.4) is 0 Å². The number of amides is 1. The molecule has 3 aliphatic rings. The summed E-state index contributed by atoms with van der Waals surface area (Å²) in [5.41, 5.74) is 2.46. The molecule has 176 valence electrons. The number of ether oxygens (including phenoxy) is 2. The number of piperidine rings is 1. The first-order valence-corrected chi connectivity index (χ1v) is 12.3. The first-order valence-electron chi connectivity index (χ1n) is 12.3. The Kier molecular flexibility index (Phi) is 6.28. The van der Waals surface area contributed by atoms with E-state index in [1.54, 1.807) is 20.3 Å². The molecule has 33 heavy (non-hydrogen) atoms. The van der Waals surface area contributed by atoms with E-state index in [-0.39, 0.29) is 5.91 Å². The Morgan fingerprint density at radius 1 is 1.00 bits per heavy atom. The number of carbonyl (C=O) groups is 1. The van der Waals surface area contributed by atoms with Crippen LogP contribution >= 0.6 is 0 Å². The Balaban J connectivity index is 1.27. The molecule has 1 aromatic carbocycles. The monoisotopic (exact) mass is 449 g/mol. The van der Waals surface area contributed by atoms with Crippen molar-refractivity contribution in [2.45, 2.75) is 57.0 Å². The molecule has 0 bridgehead atoms. The lowest BCUT2D eigenvalue weighted by molar-refractivity contribution is -0.132.